The van der Waals surface area contributed by atoms with E-state index in [9.17, 15) is 23.1 Å². The summed E-state index contributed by atoms with van der Waals surface area (Å²) in [5, 5.41) is 9.65. The summed E-state index contributed by atoms with van der Waals surface area (Å²) < 4.78 is 44.6. The van der Waals surface area contributed by atoms with Crippen LogP contribution in [0, 0.1) is 0 Å². The van der Waals surface area contributed by atoms with E-state index in [2.05, 4.69) is 14.5 Å². The van der Waals surface area contributed by atoms with E-state index in [-0.39, 0.29) is 17.1 Å². The van der Waals surface area contributed by atoms with E-state index in [1.807, 2.05) is 0 Å². The van der Waals surface area contributed by atoms with E-state index in [4.69, 9.17) is 11.6 Å². The van der Waals surface area contributed by atoms with Crippen molar-refractivity contribution in [2.45, 2.75) is 18.7 Å². The van der Waals surface area contributed by atoms with Crippen LogP contribution in [0.1, 0.15) is 11.3 Å². The minimum atomic E-state index is -5.00. The summed E-state index contributed by atoms with van der Waals surface area (Å²) in [5.74, 6) is -2.86. The maximum atomic E-state index is 12.2. The molecule has 1 N–H and O–H groups in total. The topological polar surface area (TPSA) is 68.7 Å². The number of pyridine rings is 1. The fourth-order valence-corrected chi connectivity index (χ4v) is 1.41. The number of aromatic nitrogens is 1. The van der Waals surface area contributed by atoms with E-state index in [1.165, 1.54) is 0 Å². The Bertz CT molecular complexity index is 479. The summed E-state index contributed by atoms with van der Waals surface area (Å²) in [6.45, 7) is 0. The third kappa shape index (κ3) is 4.16. The first-order valence-electron chi connectivity index (χ1n) is 4.86. The van der Waals surface area contributed by atoms with Crippen LogP contribution in [-0.4, -0.2) is 29.5 Å². The van der Waals surface area contributed by atoms with E-state index >= 15 is 0 Å². The SMILES string of the molecule is COC(=O)Cc1ncc(CCl)c(OC(F)(F)F)c1O. The van der Waals surface area contributed by atoms with Gasteiger partial charge in [0.2, 0.25) is 0 Å². The zero-order valence-electron chi connectivity index (χ0n) is 9.62. The highest BCUT2D eigenvalue weighted by Crippen LogP contribution is 2.37. The molecular formula is C10H9ClF3NO4. The fraction of sp³-hybridized carbons (Fsp3) is 0.400. The number of hydrogen-bond donors (Lipinski definition) is 1. The Hall–Kier alpha value is -1.70. The number of carbonyl (C=O) groups is 1. The molecule has 0 aliphatic rings. The van der Waals surface area contributed by atoms with Gasteiger partial charge >= 0.3 is 12.3 Å². The van der Waals surface area contributed by atoms with Crippen molar-refractivity contribution in [3.63, 3.8) is 0 Å². The quantitative estimate of drug-likeness (QED) is 0.681. The molecular weight excluding hydrogens is 291 g/mol. The summed E-state index contributed by atoms with van der Waals surface area (Å²) in [5.41, 5.74) is -0.440. The van der Waals surface area contributed by atoms with Crippen LogP contribution in [0.5, 0.6) is 11.5 Å². The first-order valence-corrected chi connectivity index (χ1v) is 5.40. The van der Waals surface area contributed by atoms with Crippen molar-refractivity contribution in [1.82, 2.24) is 4.98 Å². The molecule has 0 aliphatic carbocycles. The Balaban J connectivity index is 3.18. The predicted molar refractivity (Wildman–Crippen MR) is 57.9 cm³/mol. The van der Waals surface area contributed by atoms with Gasteiger partial charge in [0, 0.05) is 11.8 Å². The van der Waals surface area contributed by atoms with Gasteiger partial charge in [0.05, 0.1) is 25.1 Å². The van der Waals surface area contributed by atoms with Crippen molar-refractivity contribution >= 4 is 17.6 Å². The summed E-state index contributed by atoms with van der Waals surface area (Å²) in [4.78, 5) is 14.7. The lowest BCUT2D eigenvalue weighted by Gasteiger charge is -2.15. The second kappa shape index (κ2) is 5.96. The third-order valence-electron chi connectivity index (χ3n) is 2.06. The molecule has 1 heterocycles. The normalized spacial score (nSPS) is 11.2. The standard InChI is InChI=1S/C10H9ClF3NO4/c1-18-7(16)2-6-8(17)9(19-10(12,13)14)5(3-11)4-15-6/h4,17H,2-3H2,1H3. The highest BCUT2D eigenvalue weighted by molar-refractivity contribution is 6.17. The second-order valence-electron chi connectivity index (χ2n) is 3.34. The monoisotopic (exact) mass is 299 g/mol. The average molecular weight is 300 g/mol. The highest BCUT2D eigenvalue weighted by atomic mass is 35.5. The maximum Gasteiger partial charge on any atom is 0.573 e. The molecule has 1 rings (SSSR count). The second-order valence-corrected chi connectivity index (χ2v) is 3.61. The summed E-state index contributed by atoms with van der Waals surface area (Å²) in [7, 11) is 1.10. The lowest BCUT2D eigenvalue weighted by atomic mass is 10.2. The molecule has 1 aromatic rings. The molecule has 0 radical (unpaired) electrons. The van der Waals surface area contributed by atoms with Crippen LogP contribution in [-0.2, 0) is 21.8 Å². The summed E-state index contributed by atoms with van der Waals surface area (Å²) in [6.07, 6.45) is -4.49. The number of alkyl halides is 4. The zero-order chi connectivity index (χ0) is 14.6. The largest absolute Gasteiger partial charge is 0.573 e. The van der Waals surface area contributed by atoms with Crippen molar-refractivity contribution in [3.8, 4) is 11.5 Å². The van der Waals surface area contributed by atoms with E-state index in [0.717, 1.165) is 13.3 Å². The van der Waals surface area contributed by atoms with Gasteiger partial charge in [-0.25, -0.2) is 0 Å². The van der Waals surface area contributed by atoms with Crippen LogP contribution in [0.4, 0.5) is 13.2 Å². The molecule has 0 saturated heterocycles. The summed E-state index contributed by atoms with van der Waals surface area (Å²) in [6, 6.07) is 0. The highest BCUT2D eigenvalue weighted by Gasteiger charge is 2.34. The first kappa shape index (κ1) is 15.4. The predicted octanol–water partition coefficient (Wildman–Crippen LogP) is 2.14. The minimum Gasteiger partial charge on any atom is -0.503 e. The van der Waals surface area contributed by atoms with E-state index in [0.29, 0.717) is 0 Å². The van der Waals surface area contributed by atoms with Crippen molar-refractivity contribution in [2.24, 2.45) is 0 Å². The number of rotatable bonds is 4. The molecule has 0 spiro atoms. The van der Waals surface area contributed by atoms with Gasteiger partial charge < -0.3 is 14.6 Å². The van der Waals surface area contributed by atoms with Gasteiger partial charge in [-0.3, -0.25) is 9.78 Å². The molecule has 5 nitrogen and oxygen atoms in total. The Morgan fingerprint density at radius 2 is 2.16 bits per heavy atom. The zero-order valence-corrected chi connectivity index (χ0v) is 10.4. The molecule has 0 fully saturated rings. The Kier molecular flexibility index (Phi) is 4.82. The van der Waals surface area contributed by atoms with Crippen LogP contribution in [0.2, 0.25) is 0 Å². The smallest absolute Gasteiger partial charge is 0.503 e. The van der Waals surface area contributed by atoms with Crippen LogP contribution in [0.3, 0.4) is 0 Å². The fourth-order valence-electron chi connectivity index (χ4n) is 1.22. The van der Waals surface area contributed by atoms with Crippen molar-refractivity contribution < 1.29 is 32.5 Å². The molecule has 1 aromatic heterocycles. The van der Waals surface area contributed by atoms with Crippen molar-refractivity contribution in [2.75, 3.05) is 7.11 Å². The van der Waals surface area contributed by atoms with Gasteiger partial charge in [-0.15, -0.1) is 24.8 Å². The van der Waals surface area contributed by atoms with E-state index in [1.54, 1.807) is 0 Å². The maximum absolute atomic E-state index is 12.2. The molecule has 0 saturated carbocycles. The molecule has 19 heavy (non-hydrogen) atoms. The van der Waals surface area contributed by atoms with Gasteiger partial charge in [0.15, 0.2) is 11.5 Å². The van der Waals surface area contributed by atoms with Crippen LogP contribution in [0.25, 0.3) is 0 Å². The molecule has 0 amide bonds. The number of aromatic hydroxyl groups is 1. The number of methoxy groups -OCH3 is 1. The molecule has 0 aliphatic heterocycles. The van der Waals surface area contributed by atoms with Gasteiger partial charge in [0.1, 0.15) is 0 Å². The van der Waals surface area contributed by atoms with Gasteiger partial charge in [0.25, 0.3) is 0 Å². The van der Waals surface area contributed by atoms with Crippen molar-refractivity contribution in [1.29, 1.82) is 0 Å². The molecule has 0 bridgehead atoms. The number of hydrogen-bond acceptors (Lipinski definition) is 5. The van der Waals surface area contributed by atoms with Crippen LogP contribution < -0.4 is 4.74 Å². The van der Waals surface area contributed by atoms with Gasteiger partial charge in [-0.2, -0.15) is 0 Å². The lowest BCUT2D eigenvalue weighted by Crippen LogP contribution is -2.19. The Morgan fingerprint density at radius 3 is 2.63 bits per heavy atom. The Labute approximate surface area is 110 Å². The number of carbonyl (C=O) groups excluding carboxylic acids is 1. The minimum absolute atomic E-state index is 0.148. The van der Waals surface area contributed by atoms with E-state index < -0.39 is 30.3 Å². The molecule has 9 heteroatoms. The summed E-state index contributed by atoms with van der Waals surface area (Å²) >= 11 is 5.43. The van der Waals surface area contributed by atoms with Gasteiger partial charge in [-0.05, 0) is 0 Å². The number of halogens is 4. The third-order valence-corrected chi connectivity index (χ3v) is 2.35. The molecule has 106 valence electrons. The number of nitrogens with zero attached hydrogens (tertiary/aromatic N) is 1. The van der Waals surface area contributed by atoms with Crippen LogP contribution in [0.15, 0.2) is 6.20 Å². The van der Waals surface area contributed by atoms with Crippen molar-refractivity contribution in [3.05, 3.63) is 17.5 Å². The van der Waals surface area contributed by atoms with Gasteiger partial charge in [-0.1, -0.05) is 0 Å². The molecule has 0 unspecified atom stereocenters. The average Bonchev–Trinajstić information content (AvgIpc) is 2.32. The number of esters is 1. The number of ether oxygens (including phenoxy) is 2. The van der Waals surface area contributed by atoms with Crippen LogP contribution >= 0.6 is 11.6 Å². The first-order chi connectivity index (χ1) is 8.78. The lowest BCUT2D eigenvalue weighted by molar-refractivity contribution is -0.275. The Morgan fingerprint density at radius 1 is 1.53 bits per heavy atom. The molecule has 0 atom stereocenters. The molecule has 0 aromatic carbocycles.